The Labute approximate surface area is 109 Å². The number of hydrogen-bond acceptors (Lipinski definition) is 4. The fourth-order valence-corrected chi connectivity index (χ4v) is 2.65. The number of rotatable bonds is 5. The summed E-state index contributed by atoms with van der Waals surface area (Å²) in [5.41, 5.74) is 0. The topological polar surface area (TPSA) is 39.9 Å². The van der Waals surface area contributed by atoms with Gasteiger partial charge in [0.1, 0.15) is 11.5 Å². The van der Waals surface area contributed by atoms with Crippen LogP contribution in [0.15, 0.2) is 16.5 Å². The molecule has 1 saturated heterocycles. The van der Waals surface area contributed by atoms with Crippen molar-refractivity contribution in [3.63, 3.8) is 0 Å². The number of likely N-dealkylation sites (tertiary alicyclic amines) is 1. The van der Waals surface area contributed by atoms with Crippen LogP contribution in [0.5, 0.6) is 0 Å². The van der Waals surface area contributed by atoms with E-state index in [4.69, 9.17) is 4.42 Å². The second-order valence-corrected chi connectivity index (χ2v) is 5.24. The van der Waals surface area contributed by atoms with E-state index in [2.05, 4.69) is 16.8 Å². The first kappa shape index (κ1) is 13.6. The Morgan fingerprint density at radius 2 is 2.11 bits per heavy atom. The summed E-state index contributed by atoms with van der Waals surface area (Å²) in [4.78, 5) is 4.72. The molecule has 0 aliphatic carbocycles. The van der Waals surface area contributed by atoms with Gasteiger partial charge in [0.25, 0.3) is 0 Å². The highest BCUT2D eigenvalue weighted by Crippen LogP contribution is 2.19. The first-order valence-corrected chi connectivity index (χ1v) is 6.78. The van der Waals surface area contributed by atoms with Crippen molar-refractivity contribution in [3.8, 4) is 0 Å². The molecule has 0 saturated carbocycles. The number of aryl methyl sites for hydroxylation is 1. The lowest BCUT2D eigenvalue weighted by Crippen LogP contribution is -2.44. The maximum absolute atomic E-state index is 9.22. The second-order valence-electron chi connectivity index (χ2n) is 5.24. The first-order valence-electron chi connectivity index (χ1n) is 6.78. The Kier molecular flexibility index (Phi) is 4.80. The molecule has 1 aliphatic rings. The van der Waals surface area contributed by atoms with Gasteiger partial charge in [-0.3, -0.25) is 4.90 Å². The predicted octanol–water partition coefficient (Wildman–Crippen LogP) is 1.48. The molecule has 1 aromatic heterocycles. The molecular weight excluding hydrogens is 228 g/mol. The Morgan fingerprint density at radius 1 is 1.39 bits per heavy atom. The number of aliphatic hydroxyl groups excluding tert-OH is 1. The summed E-state index contributed by atoms with van der Waals surface area (Å²) >= 11 is 0. The highest BCUT2D eigenvalue weighted by molar-refractivity contribution is 5.05. The molecule has 0 atom stereocenters. The molecule has 1 fully saturated rings. The summed E-state index contributed by atoms with van der Waals surface area (Å²) < 4.78 is 5.64. The van der Waals surface area contributed by atoms with Crippen LogP contribution in [0.3, 0.4) is 0 Å². The molecule has 0 spiro atoms. The van der Waals surface area contributed by atoms with E-state index in [9.17, 15) is 5.11 Å². The lowest BCUT2D eigenvalue weighted by Gasteiger charge is -2.36. The molecule has 0 aromatic carbocycles. The van der Waals surface area contributed by atoms with Crippen LogP contribution < -0.4 is 0 Å². The van der Waals surface area contributed by atoms with Crippen LogP contribution in [0.4, 0.5) is 0 Å². The molecule has 0 unspecified atom stereocenters. The zero-order valence-electron chi connectivity index (χ0n) is 11.4. The van der Waals surface area contributed by atoms with Crippen LogP contribution in [0.1, 0.15) is 24.4 Å². The molecule has 102 valence electrons. The fraction of sp³-hybridized carbons (Fsp3) is 0.714. The summed E-state index contributed by atoms with van der Waals surface area (Å²) in [5, 5.41) is 9.22. The second kappa shape index (κ2) is 6.36. The molecule has 18 heavy (non-hydrogen) atoms. The van der Waals surface area contributed by atoms with Crippen molar-refractivity contribution in [2.75, 3.05) is 33.3 Å². The van der Waals surface area contributed by atoms with Crippen LogP contribution in [0, 0.1) is 6.92 Å². The largest absolute Gasteiger partial charge is 0.465 e. The summed E-state index contributed by atoms with van der Waals surface area (Å²) in [6, 6.07) is 4.61. The average Bonchev–Trinajstić information content (AvgIpc) is 2.75. The van der Waals surface area contributed by atoms with Crippen LogP contribution in [0.2, 0.25) is 0 Å². The van der Waals surface area contributed by atoms with Crippen LogP contribution >= 0.6 is 0 Å². The van der Waals surface area contributed by atoms with Crippen molar-refractivity contribution in [2.45, 2.75) is 32.4 Å². The number of furan rings is 1. The van der Waals surface area contributed by atoms with E-state index >= 15 is 0 Å². The van der Waals surface area contributed by atoms with Gasteiger partial charge in [0.2, 0.25) is 0 Å². The third-order valence-corrected chi connectivity index (χ3v) is 3.75. The van der Waals surface area contributed by atoms with Gasteiger partial charge in [-0.1, -0.05) is 0 Å². The minimum absolute atomic E-state index is 0.214. The summed E-state index contributed by atoms with van der Waals surface area (Å²) in [5.74, 6) is 1.96. The van der Waals surface area contributed by atoms with Gasteiger partial charge in [-0.2, -0.15) is 0 Å². The SMILES string of the molecule is Cc1ccc(CN(CCO)C2CCN(C)CC2)o1. The third-order valence-electron chi connectivity index (χ3n) is 3.75. The Morgan fingerprint density at radius 3 is 2.67 bits per heavy atom. The van der Waals surface area contributed by atoms with Crippen LogP contribution in [-0.2, 0) is 6.54 Å². The van der Waals surface area contributed by atoms with Gasteiger partial charge in [0.15, 0.2) is 0 Å². The van der Waals surface area contributed by atoms with Crippen molar-refractivity contribution in [1.29, 1.82) is 0 Å². The van der Waals surface area contributed by atoms with E-state index in [1.54, 1.807) is 0 Å². The van der Waals surface area contributed by atoms with Gasteiger partial charge in [-0.05, 0) is 52.0 Å². The Balaban J connectivity index is 1.94. The van der Waals surface area contributed by atoms with E-state index in [1.165, 1.54) is 12.8 Å². The number of hydrogen-bond donors (Lipinski definition) is 1. The molecule has 1 aromatic rings. The molecule has 0 bridgehead atoms. The molecule has 0 amide bonds. The van der Waals surface area contributed by atoms with Crippen LogP contribution in [0.25, 0.3) is 0 Å². The highest BCUT2D eigenvalue weighted by atomic mass is 16.3. The van der Waals surface area contributed by atoms with Crippen LogP contribution in [-0.4, -0.2) is 54.2 Å². The predicted molar refractivity (Wildman–Crippen MR) is 71.5 cm³/mol. The molecule has 4 heteroatoms. The minimum Gasteiger partial charge on any atom is -0.465 e. The van der Waals surface area contributed by atoms with Gasteiger partial charge < -0.3 is 14.4 Å². The van der Waals surface area contributed by atoms with E-state index in [0.717, 1.165) is 37.7 Å². The Hall–Kier alpha value is -0.840. The number of nitrogens with zero attached hydrogens (tertiary/aromatic N) is 2. The first-order chi connectivity index (χ1) is 8.69. The van der Waals surface area contributed by atoms with Crippen molar-refractivity contribution in [3.05, 3.63) is 23.7 Å². The normalized spacial score (nSPS) is 18.7. The summed E-state index contributed by atoms with van der Waals surface area (Å²) in [6.07, 6.45) is 2.35. The van der Waals surface area contributed by atoms with Crippen molar-refractivity contribution in [1.82, 2.24) is 9.80 Å². The minimum atomic E-state index is 0.214. The zero-order valence-corrected chi connectivity index (χ0v) is 11.4. The van der Waals surface area contributed by atoms with E-state index in [-0.39, 0.29) is 6.61 Å². The van der Waals surface area contributed by atoms with Gasteiger partial charge in [0.05, 0.1) is 13.2 Å². The number of piperidine rings is 1. The maximum Gasteiger partial charge on any atom is 0.118 e. The smallest absolute Gasteiger partial charge is 0.118 e. The number of aliphatic hydroxyl groups is 1. The van der Waals surface area contributed by atoms with Gasteiger partial charge in [-0.15, -0.1) is 0 Å². The summed E-state index contributed by atoms with van der Waals surface area (Å²) in [7, 11) is 2.17. The van der Waals surface area contributed by atoms with Gasteiger partial charge in [-0.25, -0.2) is 0 Å². The van der Waals surface area contributed by atoms with Gasteiger partial charge >= 0.3 is 0 Å². The van der Waals surface area contributed by atoms with Crippen molar-refractivity contribution >= 4 is 0 Å². The van der Waals surface area contributed by atoms with E-state index in [0.29, 0.717) is 6.04 Å². The van der Waals surface area contributed by atoms with E-state index < -0.39 is 0 Å². The van der Waals surface area contributed by atoms with Crippen molar-refractivity contribution in [2.24, 2.45) is 0 Å². The van der Waals surface area contributed by atoms with Crippen molar-refractivity contribution < 1.29 is 9.52 Å². The molecule has 2 heterocycles. The molecular formula is C14H24N2O2. The standard InChI is InChI=1S/C14H24N2O2/c1-12-3-4-14(18-12)11-16(9-10-17)13-5-7-15(2)8-6-13/h3-4,13,17H,5-11H2,1-2H3. The Bertz CT molecular complexity index is 356. The molecule has 4 nitrogen and oxygen atoms in total. The molecule has 0 radical (unpaired) electrons. The fourth-order valence-electron chi connectivity index (χ4n) is 2.65. The zero-order chi connectivity index (χ0) is 13.0. The lowest BCUT2D eigenvalue weighted by molar-refractivity contribution is 0.0880. The highest BCUT2D eigenvalue weighted by Gasteiger charge is 2.23. The van der Waals surface area contributed by atoms with E-state index in [1.807, 2.05) is 19.1 Å². The monoisotopic (exact) mass is 252 g/mol. The quantitative estimate of drug-likeness (QED) is 0.861. The maximum atomic E-state index is 9.22. The van der Waals surface area contributed by atoms with Gasteiger partial charge in [0, 0.05) is 12.6 Å². The molecule has 2 rings (SSSR count). The average molecular weight is 252 g/mol. The third kappa shape index (κ3) is 3.57. The molecule has 1 N–H and O–H groups in total. The molecule has 1 aliphatic heterocycles. The summed E-state index contributed by atoms with van der Waals surface area (Å²) in [6.45, 7) is 6.01. The lowest BCUT2D eigenvalue weighted by atomic mass is 10.0.